The van der Waals surface area contributed by atoms with Crippen molar-refractivity contribution in [3.05, 3.63) is 131 Å². The van der Waals surface area contributed by atoms with Gasteiger partial charge in [-0.05, 0) is 150 Å². The second-order valence-corrected chi connectivity index (χ2v) is 22.3. The Hall–Kier alpha value is -7.32. The molecule has 8 nitrogen and oxygen atoms in total. The molecule has 78 heavy (non-hydrogen) atoms. The van der Waals surface area contributed by atoms with E-state index in [4.69, 9.17) is 9.47 Å². The van der Waals surface area contributed by atoms with Gasteiger partial charge in [0.1, 0.15) is 11.5 Å². The maximum absolute atomic E-state index is 15.2. The smallest absolute Gasteiger partial charge is 0.261 e. The maximum atomic E-state index is 15.2. The molecule has 0 N–H and O–H groups in total. The van der Waals surface area contributed by atoms with Crippen molar-refractivity contribution in [1.82, 2.24) is 9.80 Å². The van der Waals surface area contributed by atoms with Crippen LogP contribution in [0.4, 0.5) is 0 Å². The molecule has 2 aliphatic heterocycles. The summed E-state index contributed by atoms with van der Waals surface area (Å²) in [6.07, 6.45) is 23.1. The highest BCUT2D eigenvalue weighted by Crippen LogP contribution is 2.52. The highest BCUT2D eigenvalue weighted by Gasteiger charge is 2.38. The summed E-state index contributed by atoms with van der Waals surface area (Å²) in [5.41, 5.74) is 5.54. The van der Waals surface area contributed by atoms with Gasteiger partial charge in [-0.1, -0.05) is 178 Å². The van der Waals surface area contributed by atoms with E-state index in [0.717, 1.165) is 139 Å². The Morgan fingerprint density at radius 2 is 0.641 bits per heavy atom. The molecule has 0 radical (unpaired) electrons. The Kier molecular flexibility index (Phi) is 15.8. The van der Waals surface area contributed by atoms with Gasteiger partial charge in [-0.15, -0.1) is 0 Å². The van der Waals surface area contributed by atoms with Gasteiger partial charge in [0.2, 0.25) is 0 Å². The molecule has 0 spiro atoms. The third-order valence-electron chi connectivity index (χ3n) is 17.2. The molecule has 2 aliphatic rings. The predicted molar refractivity (Wildman–Crippen MR) is 321 cm³/mol. The van der Waals surface area contributed by atoms with Crippen molar-refractivity contribution < 1.29 is 28.7 Å². The second kappa shape index (κ2) is 23.3. The minimum absolute atomic E-state index is 0.270. The molecule has 0 saturated heterocycles. The van der Waals surface area contributed by atoms with Crippen molar-refractivity contribution >= 4 is 88.3 Å². The summed E-state index contributed by atoms with van der Waals surface area (Å²) in [6.45, 7) is 5.21. The molecule has 0 aromatic heterocycles. The Morgan fingerprint density at radius 1 is 0.308 bits per heavy atom. The molecule has 0 saturated carbocycles. The average molecular weight is 1040 g/mol. The molecular formula is C70H74N2O6. The summed E-state index contributed by atoms with van der Waals surface area (Å²) in [6, 6.07) is 36.8. The number of fused-ring (bicyclic) bond motifs is 4. The first-order valence-corrected chi connectivity index (χ1v) is 29.4. The molecule has 8 heteroatoms. The van der Waals surface area contributed by atoms with Crippen LogP contribution >= 0.6 is 0 Å². The lowest BCUT2D eigenvalue weighted by Gasteiger charge is -2.32. The van der Waals surface area contributed by atoms with Crippen molar-refractivity contribution in [2.75, 3.05) is 27.3 Å². The third kappa shape index (κ3) is 9.85. The van der Waals surface area contributed by atoms with E-state index in [0.29, 0.717) is 46.1 Å². The van der Waals surface area contributed by atoms with Crippen LogP contribution < -0.4 is 9.47 Å². The van der Waals surface area contributed by atoms with Crippen molar-refractivity contribution in [2.45, 2.75) is 142 Å². The summed E-state index contributed by atoms with van der Waals surface area (Å²) >= 11 is 0. The van der Waals surface area contributed by atoms with Crippen LogP contribution in [0.15, 0.2) is 109 Å². The second-order valence-electron chi connectivity index (χ2n) is 22.3. The third-order valence-corrected chi connectivity index (χ3v) is 17.2. The SMILES string of the molecule is CCCCCCCCCCCCN1C(=O)c2ccc3c4c(-c5ccc6cc(OC)ccc6c5)cc5c6c(ccc(c7c(-c8ccc9cc(OC)ccc9c8)cc(c2c37)C1=O)c64)C(=O)N(CCCCCCCCCCCC)C5=O. The molecule has 9 aromatic rings. The number of nitrogens with zero attached hydrogens (tertiary/aromatic N) is 2. The van der Waals surface area contributed by atoms with Gasteiger partial charge >= 0.3 is 0 Å². The fraction of sp³-hybridized carbons (Fsp3) is 0.371. The number of rotatable bonds is 26. The van der Waals surface area contributed by atoms with E-state index in [1.165, 1.54) is 86.8 Å². The van der Waals surface area contributed by atoms with Crippen molar-refractivity contribution in [3.63, 3.8) is 0 Å². The molecule has 9 aromatic carbocycles. The van der Waals surface area contributed by atoms with Gasteiger partial charge in [-0.3, -0.25) is 29.0 Å². The average Bonchev–Trinajstić information content (AvgIpc) is 2.64. The number of imide groups is 2. The van der Waals surface area contributed by atoms with Gasteiger partial charge < -0.3 is 9.47 Å². The number of benzene rings is 9. The Labute approximate surface area is 459 Å². The van der Waals surface area contributed by atoms with Crippen LogP contribution in [0.2, 0.25) is 0 Å². The fourth-order valence-electron chi connectivity index (χ4n) is 13.0. The van der Waals surface area contributed by atoms with Gasteiger partial charge in [0, 0.05) is 46.1 Å². The van der Waals surface area contributed by atoms with Crippen LogP contribution in [-0.4, -0.2) is 60.7 Å². The summed E-state index contributed by atoms with van der Waals surface area (Å²) in [7, 11) is 3.34. The summed E-state index contributed by atoms with van der Waals surface area (Å²) in [5.74, 6) is 0.429. The van der Waals surface area contributed by atoms with Gasteiger partial charge in [0.25, 0.3) is 23.6 Å². The molecule has 0 aliphatic carbocycles. The van der Waals surface area contributed by atoms with Crippen LogP contribution in [0.25, 0.3) is 86.9 Å². The highest BCUT2D eigenvalue weighted by atomic mass is 16.5. The van der Waals surface area contributed by atoms with Gasteiger partial charge in [0.05, 0.1) is 14.2 Å². The molecule has 0 bridgehead atoms. The Bertz CT molecular complexity index is 3510. The molecule has 0 atom stereocenters. The molecule has 2 heterocycles. The van der Waals surface area contributed by atoms with E-state index in [1.807, 2.05) is 48.5 Å². The predicted octanol–water partition coefficient (Wildman–Crippen LogP) is 18.4. The van der Waals surface area contributed by atoms with Gasteiger partial charge in [0.15, 0.2) is 0 Å². The highest BCUT2D eigenvalue weighted by molar-refractivity contribution is 6.44. The van der Waals surface area contributed by atoms with Crippen LogP contribution in [0.1, 0.15) is 184 Å². The van der Waals surface area contributed by atoms with Gasteiger partial charge in [-0.25, -0.2) is 0 Å². The van der Waals surface area contributed by atoms with E-state index < -0.39 is 0 Å². The number of ether oxygens (including phenoxy) is 2. The van der Waals surface area contributed by atoms with Crippen molar-refractivity contribution in [1.29, 1.82) is 0 Å². The summed E-state index contributed by atoms with van der Waals surface area (Å²) in [5, 5.41) is 10.5. The number of methoxy groups -OCH3 is 2. The maximum Gasteiger partial charge on any atom is 0.261 e. The number of unbranched alkanes of at least 4 members (excludes halogenated alkanes) is 18. The zero-order valence-corrected chi connectivity index (χ0v) is 46.3. The fourth-order valence-corrected chi connectivity index (χ4v) is 13.0. The van der Waals surface area contributed by atoms with Crippen LogP contribution in [-0.2, 0) is 0 Å². The monoisotopic (exact) mass is 1040 g/mol. The number of carbonyl (C=O) groups excluding carboxylic acids is 4. The minimum Gasteiger partial charge on any atom is -0.497 e. The number of amides is 4. The topological polar surface area (TPSA) is 93.2 Å². The number of carbonyl (C=O) groups is 4. The minimum atomic E-state index is -0.279. The van der Waals surface area contributed by atoms with Gasteiger partial charge in [-0.2, -0.15) is 0 Å². The zero-order valence-electron chi connectivity index (χ0n) is 46.3. The molecule has 11 rings (SSSR count). The Morgan fingerprint density at radius 3 is 1.01 bits per heavy atom. The van der Waals surface area contributed by atoms with Crippen LogP contribution in [0, 0.1) is 0 Å². The van der Waals surface area contributed by atoms with E-state index in [1.54, 1.807) is 14.2 Å². The molecular weight excluding hydrogens is 965 g/mol. The molecule has 0 unspecified atom stereocenters. The van der Waals surface area contributed by atoms with E-state index in [9.17, 15) is 9.59 Å². The number of hydrogen-bond donors (Lipinski definition) is 0. The number of hydrogen-bond acceptors (Lipinski definition) is 6. The van der Waals surface area contributed by atoms with Crippen molar-refractivity contribution in [2.24, 2.45) is 0 Å². The lowest BCUT2D eigenvalue weighted by Crippen LogP contribution is -2.41. The van der Waals surface area contributed by atoms with Crippen molar-refractivity contribution in [3.8, 4) is 33.8 Å². The lowest BCUT2D eigenvalue weighted by molar-refractivity contribution is 0.0592. The zero-order chi connectivity index (χ0) is 53.9. The first-order valence-electron chi connectivity index (χ1n) is 29.4. The van der Waals surface area contributed by atoms with Crippen LogP contribution in [0.5, 0.6) is 11.5 Å². The van der Waals surface area contributed by atoms with E-state index >= 15 is 9.59 Å². The summed E-state index contributed by atoms with van der Waals surface area (Å²) in [4.78, 5) is 63.2. The first-order chi connectivity index (χ1) is 38.2. The molecule has 400 valence electrons. The largest absolute Gasteiger partial charge is 0.497 e. The standard InChI is InChI=1S/C70H74N2O6/c1-5-7-9-11-13-15-17-19-21-23-37-71-67(73)55-35-33-53-62-58(50-28-26-48-42-52(78-4)32-30-46(48)40-50)44-60-64-56(68(74)72(70(60)76)38-24-22-20-18-16-14-12-10-8-6-2)36-34-54(66(62)64)61-57(43-59(69(71)75)63(55)65(53)61)49-27-25-47-41-51(77-3)31-29-45(47)39-49/h25-36,39-44H,5-24,37-38H2,1-4H3. The normalized spacial score (nSPS) is 13.5. The van der Waals surface area contributed by atoms with E-state index in [2.05, 4.69) is 74.5 Å². The first kappa shape index (κ1) is 52.7. The molecule has 4 amide bonds. The van der Waals surface area contributed by atoms with Crippen LogP contribution in [0.3, 0.4) is 0 Å². The summed E-state index contributed by atoms with van der Waals surface area (Å²) < 4.78 is 11.2. The molecule has 0 fully saturated rings. The van der Waals surface area contributed by atoms with E-state index in [-0.39, 0.29) is 23.6 Å². The quantitative estimate of drug-likeness (QED) is 0.0232. The Balaban J connectivity index is 1.07. The lowest BCUT2D eigenvalue weighted by atomic mass is 9.77.